The van der Waals surface area contributed by atoms with Gasteiger partial charge in [-0.25, -0.2) is 0 Å². The van der Waals surface area contributed by atoms with E-state index in [-0.39, 0.29) is 11.8 Å². The molecule has 1 aliphatic rings. The summed E-state index contributed by atoms with van der Waals surface area (Å²) in [5.41, 5.74) is 0.358. The van der Waals surface area contributed by atoms with Crippen molar-refractivity contribution in [3.63, 3.8) is 0 Å². The largest absolute Gasteiger partial charge is 0.481 e. The summed E-state index contributed by atoms with van der Waals surface area (Å²) in [6, 6.07) is 7.61. The monoisotopic (exact) mass is 289 g/mol. The maximum Gasteiger partial charge on any atom is 0.309 e. The fourth-order valence-corrected chi connectivity index (χ4v) is 3.27. The van der Waals surface area contributed by atoms with Gasteiger partial charge in [0.15, 0.2) is 0 Å². The molecule has 0 heterocycles. The van der Waals surface area contributed by atoms with Gasteiger partial charge in [0.05, 0.1) is 5.41 Å². The summed E-state index contributed by atoms with van der Waals surface area (Å²) in [6.07, 6.45) is 1.13. The number of aliphatic carboxylic acids is 1. The van der Waals surface area contributed by atoms with Crippen molar-refractivity contribution < 1.29 is 14.7 Å². The van der Waals surface area contributed by atoms with Crippen LogP contribution >= 0.6 is 0 Å². The standard InChI is InChI=1S/C17H23NO3/c1-11-7-5-6-8-13(11)18-14(19)12-9-10-17(4,15(20)21)16(12,2)3/h5-8,12H,9-10H2,1-4H3,(H,18,19)(H,20,21)/t12-,17-/m0/s1. The van der Waals surface area contributed by atoms with Gasteiger partial charge in [0.1, 0.15) is 0 Å². The topological polar surface area (TPSA) is 66.4 Å². The lowest BCUT2D eigenvalue weighted by atomic mass is 9.65. The summed E-state index contributed by atoms with van der Waals surface area (Å²) < 4.78 is 0. The molecule has 1 fully saturated rings. The second-order valence-corrected chi connectivity index (χ2v) is 6.75. The number of carboxylic acid groups (broad SMARTS) is 1. The van der Waals surface area contributed by atoms with Gasteiger partial charge in [0, 0.05) is 11.6 Å². The Labute approximate surface area is 125 Å². The van der Waals surface area contributed by atoms with Crippen LogP contribution in [0.1, 0.15) is 39.2 Å². The zero-order valence-electron chi connectivity index (χ0n) is 13.1. The molecule has 21 heavy (non-hydrogen) atoms. The van der Waals surface area contributed by atoms with Crippen LogP contribution < -0.4 is 5.32 Å². The molecule has 0 aliphatic heterocycles. The van der Waals surface area contributed by atoms with E-state index in [1.54, 1.807) is 6.92 Å². The molecular weight excluding hydrogens is 266 g/mol. The Kier molecular flexibility index (Phi) is 3.83. The number of carbonyl (C=O) groups excluding carboxylic acids is 1. The highest BCUT2D eigenvalue weighted by Crippen LogP contribution is 2.56. The molecule has 0 spiro atoms. The Morgan fingerprint density at radius 2 is 1.86 bits per heavy atom. The third-order valence-corrected chi connectivity index (χ3v) is 5.42. The van der Waals surface area contributed by atoms with E-state index < -0.39 is 16.8 Å². The molecule has 2 atom stereocenters. The predicted molar refractivity (Wildman–Crippen MR) is 82.1 cm³/mol. The van der Waals surface area contributed by atoms with E-state index in [9.17, 15) is 14.7 Å². The van der Waals surface area contributed by atoms with Crippen molar-refractivity contribution in [3.05, 3.63) is 29.8 Å². The van der Waals surface area contributed by atoms with Crippen LogP contribution in [0.4, 0.5) is 5.69 Å². The molecule has 2 rings (SSSR count). The maximum atomic E-state index is 12.6. The third-order valence-electron chi connectivity index (χ3n) is 5.42. The summed E-state index contributed by atoms with van der Waals surface area (Å²) in [5.74, 6) is -1.20. The zero-order valence-corrected chi connectivity index (χ0v) is 13.1. The van der Waals surface area contributed by atoms with Gasteiger partial charge in [0.2, 0.25) is 5.91 Å². The number of para-hydroxylation sites is 1. The van der Waals surface area contributed by atoms with E-state index in [0.29, 0.717) is 12.8 Å². The van der Waals surface area contributed by atoms with Crippen LogP contribution in [0, 0.1) is 23.7 Å². The molecule has 1 aromatic carbocycles. The van der Waals surface area contributed by atoms with Gasteiger partial charge in [-0.1, -0.05) is 32.0 Å². The highest BCUT2D eigenvalue weighted by molar-refractivity contribution is 5.95. The number of anilines is 1. The summed E-state index contributed by atoms with van der Waals surface area (Å²) in [7, 11) is 0. The van der Waals surface area contributed by atoms with Gasteiger partial charge in [0.25, 0.3) is 0 Å². The van der Waals surface area contributed by atoms with Crippen LogP contribution in [0.3, 0.4) is 0 Å². The van der Waals surface area contributed by atoms with Crippen molar-refractivity contribution in [2.45, 2.75) is 40.5 Å². The average Bonchev–Trinajstić information content (AvgIpc) is 2.64. The Morgan fingerprint density at radius 1 is 1.24 bits per heavy atom. The van der Waals surface area contributed by atoms with Crippen LogP contribution in [0.25, 0.3) is 0 Å². The molecule has 4 nitrogen and oxygen atoms in total. The summed E-state index contributed by atoms with van der Waals surface area (Å²) in [6.45, 7) is 7.46. The normalized spacial score (nSPS) is 27.3. The van der Waals surface area contributed by atoms with Gasteiger partial charge in [-0.05, 0) is 43.7 Å². The van der Waals surface area contributed by atoms with Gasteiger partial charge in [-0.15, -0.1) is 0 Å². The smallest absolute Gasteiger partial charge is 0.309 e. The van der Waals surface area contributed by atoms with Crippen LogP contribution in [-0.2, 0) is 9.59 Å². The summed E-state index contributed by atoms with van der Waals surface area (Å²) >= 11 is 0. The van der Waals surface area contributed by atoms with Crippen molar-refractivity contribution in [2.75, 3.05) is 5.32 Å². The highest BCUT2D eigenvalue weighted by Gasteiger charge is 2.58. The number of amides is 1. The van der Waals surface area contributed by atoms with E-state index >= 15 is 0 Å². The SMILES string of the molecule is Cc1ccccc1NC(=O)[C@@H]1CC[C@@](C)(C(=O)O)C1(C)C. The number of rotatable bonds is 3. The number of carboxylic acids is 1. The highest BCUT2D eigenvalue weighted by atomic mass is 16.4. The molecule has 114 valence electrons. The number of nitrogens with one attached hydrogen (secondary N) is 1. The van der Waals surface area contributed by atoms with Crippen molar-refractivity contribution in [1.82, 2.24) is 0 Å². The first-order valence-corrected chi connectivity index (χ1v) is 7.30. The lowest BCUT2D eigenvalue weighted by molar-refractivity contribution is -0.154. The predicted octanol–water partition coefficient (Wildman–Crippen LogP) is 3.46. The van der Waals surface area contributed by atoms with E-state index in [2.05, 4.69) is 5.32 Å². The van der Waals surface area contributed by atoms with Gasteiger partial charge in [-0.3, -0.25) is 9.59 Å². The molecule has 1 saturated carbocycles. The molecule has 0 aromatic heterocycles. The van der Waals surface area contributed by atoms with E-state index in [4.69, 9.17) is 0 Å². The Bertz CT molecular complexity index is 579. The van der Waals surface area contributed by atoms with E-state index in [1.165, 1.54) is 0 Å². The minimum Gasteiger partial charge on any atom is -0.481 e. The first-order chi connectivity index (χ1) is 9.70. The molecule has 0 bridgehead atoms. The lowest BCUT2D eigenvalue weighted by Gasteiger charge is -2.37. The fraction of sp³-hybridized carbons (Fsp3) is 0.529. The molecule has 0 unspecified atom stereocenters. The molecular formula is C17H23NO3. The molecule has 4 heteroatoms. The number of hydrogen-bond donors (Lipinski definition) is 2. The fourth-order valence-electron chi connectivity index (χ4n) is 3.27. The van der Waals surface area contributed by atoms with Gasteiger partial charge in [-0.2, -0.15) is 0 Å². The van der Waals surface area contributed by atoms with Crippen LogP contribution in [0.15, 0.2) is 24.3 Å². The Balaban J connectivity index is 2.22. The first kappa shape index (κ1) is 15.5. The van der Waals surface area contributed by atoms with E-state index in [0.717, 1.165) is 11.3 Å². The average molecular weight is 289 g/mol. The number of carbonyl (C=O) groups is 2. The van der Waals surface area contributed by atoms with Crippen molar-refractivity contribution >= 4 is 17.6 Å². The quantitative estimate of drug-likeness (QED) is 0.895. The molecule has 1 amide bonds. The number of aryl methyl sites for hydroxylation is 1. The maximum absolute atomic E-state index is 12.6. The minimum absolute atomic E-state index is 0.0840. The van der Waals surface area contributed by atoms with E-state index in [1.807, 2.05) is 45.0 Å². The second-order valence-electron chi connectivity index (χ2n) is 6.75. The summed E-state index contributed by atoms with van der Waals surface area (Å²) in [4.78, 5) is 24.2. The lowest BCUT2D eigenvalue weighted by Crippen LogP contribution is -2.43. The molecule has 0 saturated heterocycles. The minimum atomic E-state index is -0.860. The second kappa shape index (κ2) is 5.17. The van der Waals surface area contributed by atoms with Crippen molar-refractivity contribution in [3.8, 4) is 0 Å². The number of hydrogen-bond acceptors (Lipinski definition) is 2. The third kappa shape index (κ3) is 2.43. The zero-order chi connectivity index (χ0) is 15.8. The van der Waals surface area contributed by atoms with Crippen molar-refractivity contribution in [1.29, 1.82) is 0 Å². The first-order valence-electron chi connectivity index (χ1n) is 7.30. The molecule has 1 aliphatic carbocycles. The van der Waals surface area contributed by atoms with Crippen LogP contribution in [0.2, 0.25) is 0 Å². The Hall–Kier alpha value is -1.84. The van der Waals surface area contributed by atoms with Gasteiger partial charge >= 0.3 is 5.97 Å². The van der Waals surface area contributed by atoms with Crippen LogP contribution in [-0.4, -0.2) is 17.0 Å². The van der Waals surface area contributed by atoms with Crippen LogP contribution in [0.5, 0.6) is 0 Å². The molecule has 0 radical (unpaired) electrons. The summed E-state index contributed by atoms with van der Waals surface area (Å²) in [5, 5.41) is 12.5. The number of benzene rings is 1. The molecule has 1 aromatic rings. The van der Waals surface area contributed by atoms with Gasteiger partial charge < -0.3 is 10.4 Å². The van der Waals surface area contributed by atoms with Crippen molar-refractivity contribution in [2.24, 2.45) is 16.7 Å². The Morgan fingerprint density at radius 3 is 2.38 bits per heavy atom. The molecule has 2 N–H and O–H groups in total.